The lowest BCUT2D eigenvalue weighted by Crippen LogP contribution is -2.48. The number of hydrogen-bond donors (Lipinski definition) is 1. The van der Waals surface area contributed by atoms with E-state index in [1.807, 2.05) is 13.0 Å². The van der Waals surface area contributed by atoms with Crippen molar-refractivity contribution in [3.05, 3.63) is 24.3 Å². The van der Waals surface area contributed by atoms with Gasteiger partial charge in [-0.3, -0.25) is 4.90 Å². The van der Waals surface area contributed by atoms with Gasteiger partial charge < -0.3 is 14.7 Å². The van der Waals surface area contributed by atoms with Crippen LogP contribution in [0, 0.1) is 0 Å². The number of amides is 2. The Morgan fingerprint density at radius 1 is 1.44 bits per heavy atom. The third-order valence-electron chi connectivity index (χ3n) is 2.97. The Kier molecular flexibility index (Phi) is 4.04. The van der Waals surface area contributed by atoms with E-state index >= 15 is 0 Å². The highest BCUT2D eigenvalue weighted by Crippen LogP contribution is 2.21. The topological polar surface area (TPSA) is 53.0 Å². The lowest BCUT2D eigenvalue weighted by atomic mass is 10.2. The molecule has 2 rings (SSSR count). The van der Waals surface area contributed by atoms with Crippen LogP contribution >= 0.6 is 0 Å². The molecule has 0 aromatic heterocycles. The summed E-state index contributed by atoms with van der Waals surface area (Å²) in [7, 11) is 0. The van der Waals surface area contributed by atoms with Gasteiger partial charge >= 0.3 is 6.03 Å². The molecule has 1 heterocycles. The Labute approximate surface area is 107 Å². The molecule has 0 aliphatic carbocycles. The number of aromatic hydroxyl groups is 1. The van der Waals surface area contributed by atoms with Crippen LogP contribution in [0.2, 0.25) is 0 Å². The van der Waals surface area contributed by atoms with Crippen LogP contribution in [0.25, 0.3) is 0 Å². The van der Waals surface area contributed by atoms with Crippen molar-refractivity contribution in [1.82, 2.24) is 4.90 Å². The number of benzene rings is 1. The number of carbonyl (C=O) groups excluding carboxylic acids is 1. The van der Waals surface area contributed by atoms with E-state index in [2.05, 4.69) is 0 Å². The van der Waals surface area contributed by atoms with Gasteiger partial charge in [0.15, 0.2) is 0 Å². The van der Waals surface area contributed by atoms with Gasteiger partial charge in [-0.15, -0.1) is 0 Å². The molecular weight excluding hydrogens is 232 g/mol. The second kappa shape index (κ2) is 5.73. The number of nitrogens with zero attached hydrogens (tertiary/aromatic N) is 2. The minimum absolute atomic E-state index is 0.0357. The van der Waals surface area contributed by atoms with Crippen molar-refractivity contribution < 1.29 is 14.6 Å². The molecule has 0 bridgehead atoms. The van der Waals surface area contributed by atoms with E-state index in [0.29, 0.717) is 38.5 Å². The Bertz CT molecular complexity index is 416. The minimum atomic E-state index is -0.0357. The van der Waals surface area contributed by atoms with Crippen LogP contribution in [0.3, 0.4) is 0 Å². The van der Waals surface area contributed by atoms with Crippen molar-refractivity contribution in [3.8, 4) is 5.75 Å². The molecule has 5 heteroatoms. The number of hydrogen-bond acceptors (Lipinski definition) is 3. The van der Waals surface area contributed by atoms with Crippen LogP contribution in [0.15, 0.2) is 24.3 Å². The smallest absolute Gasteiger partial charge is 0.324 e. The SMILES string of the molecule is CCN(C(=O)N1CCOCC1)c1cccc(O)c1. The van der Waals surface area contributed by atoms with Gasteiger partial charge in [0, 0.05) is 31.4 Å². The molecule has 0 unspecified atom stereocenters. The van der Waals surface area contributed by atoms with Crippen molar-refractivity contribution in [1.29, 1.82) is 0 Å². The molecule has 98 valence electrons. The quantitative estimate of drug-likeness (QED) is 0.868. The van der Waals surface area contributed by atoms with E-state index in [1.54, 1.807) is 28.0 Å². The molecule has 1 saturated heterocycles. The zero-order chi connectivity index (χ0) is 13.0. The van der Waals surface area contributed by atoms with Crippen molar-refractivity contribution in [2.45, 2.75) is 6.92 Å². The van der Waals surface area contributed by atoms with E-state index in [4.69, 9.17) is 4.74 Å². The first-order chi connectivity index (χ1) is 8.72. The van der Waals surface area contributed by atoms with Gasteiger partial charge in [0.25, 0.3) is 0 Å². The van der Waals surface area contributed by atoms with Crippen molar-refractivity contribution >= 4 is 11.7 Å². The number of phenolic OH excluding ortho intramolecular Hbond substituents is 1. The number of phenols is 1. The van der Waals surface area contributed by atoms with Gasteiger partial charge in [-0.2, -0.15) is 0 Å². The summed E-state index contributed by atoms with van der Waals surface area (Å²) in [6.45, 7) is 4.90. The first kappa shape index (κ1) is 12.7. The predicted molar refractivity (Wildman–Crippen MR) is 68.9 cm³/mol. The fourth-order valence-electron chi connectivity index (χ4n) is 2.01. The summed E-state index contributed by atoms with van der Waals surface area (Å²) < 4.78 is 5.24. The summed E-state index contributed by atoms with van der Waals surface area (Å²) in [5.74, 6) is 0.167. The number of rotatable bonds is 2. The number of carbonyl (C=O) groups is 1. The monoisotopic (exact) mass is 250 g/mol. The molecule has 1 aromatic carbocycles. The van der Waals surface area contributed by atoms with E-state index in [1.165, 1.54) is 0 Å². The summed E-state index contributed by atoms with van der Waals surface area (Å²) in [6, 6.07) is 6.71. The molecule has 2 amide bonds. The molecule has 0 radical (unpaired) electrons. The zero-order valence-electron chi connectivity index (χ0n) is 10.5. The molecule has 1 aliphatic rings. The standard InChI is InChI=1S/C13H18N2O3/c1-2-15(11-4-3-5-12(16)10-11)13(17)14-6-8-18-9-7-14/h3-5,10,16H,2,6-9H2,1H3. The summed E-state index contributed by atoms with van der Waals surface area (Å²) in [5, 5.41) is 9.48. The van der Waals surface area contributed by atoms with Crippen molar-refractivity contribution in [2.24, 2.45) is 0 Å². The zero-order valence-corrected chi connectivity index (χ0v) is 10.5. The van der Waals surface area contributed by atoms with Crippen LogP contribution in [-0.4, -0.2) is 48.9 Å². The maximum Gasteiger partial charge on any atom is 0.324 e. The first-order valence-corrected chi connectivity index (χ1v) is 6.15. The second-order valence-corrected chi connectivity index (χ2v) is 4.15. The van der Waals surface area contributed by atoms with Gasteiger partial charge in [-0.05, 0) is 19.1 Å². The highest BCUT2D eigenvalue weighted by molar-refractivity contribution is 5.92. The molecule has 18 heavy (non-hydrogen) atoms. The number of ether oxygens (including phenoxy) is 1. The Morgan fingerprint density at radius 2 is 2.17 bits per heavy atom. The Morgan fingerprint density at radius 3 is 2.78 bits per heavy atom. The van der Waals surface area contributed by atoms with Gasteiger partial charge in [-0.25, -0.2) is 4.79 Å². The van der Waals surface area contributed by atoms with Crippen LogP contribution in [-0.2, 0) is 4.74 Å². The first-order valence-electron chi connectivity index (χ1n) is 6.15. The minimum Gasteiger partial charge on any atom is -0.508 e. The van der Waals surface area contributed by atoms with Gasteiger partial charge in [0.05, 0.1) is 13.2 Å². The molecule has 0 spiro atoms. The fraction of sp³-hybridized carbons (Fsp3) is 0.462. The highest BCUT2D eigenvalue weighted by atomic mass is 16.5. The number of anilines is 1. The maximum atomic E-state index is 12.4. The van der Waals surface area contributed by atoms with Crippen molar-refractivity contribution in [3.63, 3.8) is 0 Å². The molecule has 1 aromatic rings. The van der Waals surface area contributed by atoms with Crippen LogP contribution < -0.4 is 4.90 Å². The summed E-state index contributed by atoms with van der Waals surface area (Å²) in [5.41, 5.74) is 0.717. The normalized spacial score (nSPS) is 15.5. The van der Waals surface area contributed by atoms with Crippen molar-refractivity contribution in [2.75, 3.05) is 37.7 Å². The predicted octanol–water partition coefficient (Wildman–Crippen LogP) is 1.67. The summed E-state index contributed by atoms with van der Waals surface area (Å²) in [4.78, 5) is 15.8. The largest absolute Gasteiger partial charge is 0.508 e. The van der Waals surface area contributed by atoms with Crippen LogP contribution in [0.4, 0.5) is 10.5 Å². The molecule has 1 fully saturated rings. The Balaban J connectivity index is 2.14. The van der Waals surface area contributed by atoms with Gasteiger partial charge in [-0.1, -0.05) is 6.07 Å². The average molecular weight is 250 g/mol. The van der Waals surface area contributed by atoms with E-state index < -0.39 is 0 Å². The molecular formula is C13H18N2O3. The molecule has 1 N–H and O–H groups in total. The van der Waals surface area contributed by atoms with E-state index in [9.17, 15) is 9.90 Å². The lowest BCUT2D eigenvalue weighted by Gasteiger charge is -2.32. The number of morpholine rings is 1. The van der Waals surface area contributed by atoms with Gasteiger partial charge in [0.1, 0.15) is 5.75 Å². The summed E-state index contributed by atoms with van der Waals surface area (Å²) >= 11 is 0. The Hall–Kier alpha value is -1.75. The fourth-order valence-corrected chi connectivity index (χ4v) is 2.01. The maximum absolute atomic E-state index is 12.4. The van der Waals surface area contributed by atoms with E-state index in [0.717, 1.165) is 0 Å². The summed E-state index contributed by atoms with van der Waals surface area (Å²) in [6.07, 6.45) is 0. The number of urea groups is 1. The third-order valence-corrected chi connectivity index (χ3v) is 2.97. The second-order valence-electron chi connectivity index (χ2n) is 4.15. The lowest BCUT2D eigenvalue weighted by molar-refractivity contribution is 0.0549. The average Bonchev–Trinajstić information content (AvgIpc) is 2.40. The van der Waals surface area contributed by atoms with Gasteiger partial charge in [0.2, 0.25) is 0 Å². The molecule has 5 nitrogen and oxygen atoms in total. The highest BCUT2D eigenvalue weighted by Gasteiger charge is 2.22. The molecule has 0 saturated carbocycles. The third kappa shape index (κ3) is 2.73. The van der Waals surface area contributed by atoms with E-state index in [-0.39, 0.29) is 11.8 Å². The molecule has 1 aliphatic heterocycles. The van der Waals surface area contributed by atoms with Crippen LogP contribution in [0.1, 0.15) is 6.92 Å². The molecule has 0 atom stereocenters. The van der Waals surface area contributed by atoms with Crippen LogP contribution in [0.5, 0.6) is 5.75 Å².